The van der Waals surface area contributed by atoms with Gasteiger partial charge in [-0.25, -0.2) is 4.79 Å². The van der Waals surface area contributed by atoms with Crippen LogP contribution in [-0.4, -0.2) is 74.4 Å². The van der Waals surface area contributed by atoms with Crippen LogP contribution in [0.5, 0.6) is 11.5 Å². The fourth-order valence-corrected chi connectivity index (χ4v) is 6.17. The van der Waals surface area contributed by atoms with Gasteiger partial charge in [0.2, 0.25) is 6.79 Å². The minimum absolute atomic E-state index is 0.0575. The molecule has 3 aromatic carbocycles. The number of anilines is 1. The van der Waals surface area contributed by atoms with Gasteiger partial charge in [0.05, 0.1) is 18.4 Å². The molecule has 7 atom stereocenters. The number of allylic oxidation sites excluding steroid dienone is 2. The largest absolute Gasteiger partial charge is 0.454 e. The lowest BCUT2D eigenvalue weighted by Crippen LogP contribution is -2.63. The van der Waals surface area contributed by atoms with Crippen molar-refractivity contribution in [2.45, 2.75) is 56.4 Å². The number of benzene rings is 3. The van der Waals surface area contributed by atoms with Gasteiger partial charge < -0.3 is 38.3 Å². The zero-order chi connectivity index (χ0) is 34.2. The molecule has 2 N–H and O–H groups in total. The summed E-state index contributed by atoms with van der Waals surface area (Å²) in [7, 11) is 1.35. The van der Waals surface area contributed by atoms with Gasteiger partial charge in [-0.1, -0.05) is 72.8 Å². The van der Waals surface area contributed by atoms with E-state index in [0.29, 0.717) is 42.9 Å². The van der Waals surface area contributed by atoms with Gasteiger partial charge in [-0.15, -0.1) is 0 Å². The van der Waals surface area contributed by atoms with Crippen LogP contribution >= 0.6 is 0 Å². The number of carbonyl (C=O) groups is 3. The average molecular weight is 674 g/mol. The molecule has 258 valence electrons. The summed E-state index contributed by atoms with van der Waals surface area (Å²) in [6.45, 7) is -0.564. The second kappa shape index (κ2) is 16.0. The zero-order valence-electron chi connectivity index (χ0n) is 27.0. The Balaban J connectivity index is 1.31. The van der Waals surface area contributed by atoms with E-state index in [1.807, 2.05) is 72.8 Å². The molecule has 3 aliphatic heterocycles. The zero-order valence-corrected chi connectivity index (χ0v) is 27.0. The quantitative estimate of drug-likeness (QED) is 0.197. The third kappa shape index (κ3) is 8.40. The Labute approximate surface area is 283 Å². The summed E-state index contributed by atoms with van der Waals surface area (Å²) >= 11 is 0. The Hall–Kier alpha value is -4.91. The highest BCUT2D eigenvalue weighted by atomic mass is 16.7. The van der Waals surface area contributed by atoms with Crippen LogP contribution in [0.4, 0.5) is 10.5 Å². The second-order valence-corrected chi connectivity index (χ2v) is 12.0. The first-order valence-corrected chi connectivity index (χ1v) is 16.2. The SMILES string of the molecule is CO[C@H]1O[C@H](CO)[C@@H](OC(=O)Nc2ccc3c(c2)OCO3)[C@@H]2OC(=O)[C@H](Cc3ccccc3)CC=CC[C@@H](Cc3ccccc3)C(=O)O[C@H]12. The highest BCUT2D eigenvalue weighted by Crippen LogP contribution is 2.35. The smallest absolute Gasteiger partial charge is 0.412 e. The van der Waals surface area contributed by atoms with Crippen LogP contribution in [0.25, 0.3) is 0 Å². The predicted molar refractivity (Wildman–Crippen MR) is 175 cm³/mol. The minimum Gasteiger partial charge on any atom is -0.454 e. The van der Waals surface area contributed by atoms with Crippen LogP contribution in [0, 0.1) is 11.8 Å². The van der Waals surface area contributed by atoms with E-state index in [4.69, 9.17) is 33.2 Å². The Morgan fingerprint density at radius 1 is 0.816 bits per heavy atom. The van der Waals surface area contributed by atoms with Crippen LogP contribution in [0.2, 0.25) is 0 Å². The summed E-state index contributed by atoms with van der Waals surface area (Å²) in [4.78, 5) is 41.1. The number of aliphatic hydroxyl groups is 1. The molecular formula is C37H39NO11. The maximum atomic E-state index is 14.0. The van der Waals surface area contributed by atoms with Crippen molar-refractivity contribution in [1.29, 1.82) is 0 Å². The summed E-state index contributed by atoms with van der Waals surface area (Å²) in [5.74, 6) is -1.42. The highest BCUT2D eigenvalue weighted by Gasteiger charge is 2.53. The molecule has 0 spiro atoms. The molecular weight excluding hydrogens is 634 g/mol. The van der Waals surface area contributed by atoms with Crippen molar-refractivity contribution in [2.24, 2.45) is 11.8 Å². The molecule has 0 bridgehead atoms. The number of rotatable bonds is 8. The number of amides is 1. The van der Waals surface area contributed by atoms with E-state index in [-0.39, 0.29) is 6.79 Å². The molecule has 12 heteroatoms. The van der Waals surface area contributed by atoms with Gasteiger partial charge in [-0.05, 0) is 48.9 Å². The molecule has 0 aliphatic carbocycles. The molecule has 12 nitrogen and oxygen atoms in total. The maximum absolute atomic E-state index is 14.0. The molecule has 3 aromatic rings. The number of methoxy groups -OCH3 is 1. The van der Waals surface area contributed by atoms with Crippen molar-refractivity contribution < 1.29 is 52.6 Å². The topological polar surface area (TPSA) is 148 Å². The number of ether oxygens (including phenoxy) is 7. The van der Waals surface area contributed by atoms with Crippen molar-refractivity contribution in [3.63, 3.8) is 0 Å². The Morgan fingerprint density at radius 2 is 1.41 bits per heavy atom. The Morgan fingerprint density at radius 3 is 2.00 bits per heavy atom. The first kappa shape index (κ1) is 34.0. The summed E-state index contributed by atoms with van der Waals surface area (Å²) in [5, 5.41) is 13.0. The van der Waals surface area contributed by atoms with Crippen molar-refractivity contribution in [3.8, 4) is 11.5 Å². The molecule has 1 amide bonds. The van der Waals surface area contributed by atoms with Gasteiger partial charge in [0, 0.05) is 18.9 Å². The lowest BCUT2D eigenvalue weighted by Gasteiger charge is -2.44. The van der Waals surface area contributed by atoms with Crippen molar-refractivity contribution in [3.05, 3.63) is 102 Å². The Kier molecular flexibility index (Phi) is 11.1. The summed E-state index contributed by atoms with van der Waals surface area (Å²) in [6.07, 6.45) is -2.28. The highest BCUT2D eigenvalue weighted by molar-refractivity contribution is 5.85. The molecule has 0 unspecified atom stereocenters. The van der Waals surface area contributed by atoms with Crippen molar-refractivity contribution in [1.82, 2.24) is 0 Å². The number of nitrogens with one attached hydrogen (secondary N) is 1. The molecule has 6 rings (SSSR count). The molecule has 0 radical (unpaired) electrons. The van der Waals surface area contributed by atoms with Crippen LogP contribution in [0.3, 0.4) is 0 Å². The Bertz CT molecular complexity index is 1620. The van der Waals surface area contributed by atoms with E-state index >= 15 is 0 Å². The van der Waals surface area contributed by atoms with E-state index < -0.39 is 67.2 Å². The molecule has 1 saturated heterocycles. The number of hydrogen-bond donors (Lipinski definition) is 2. The van der Waals surface area contributed by atoms with Crippen LogP contribution < -0.4 is 14.8 Å². The molecule has 1 fully saturated rings. The number of carbonyl (C=O) groups excluding carboxylic acids is 3. The van der Waals surface area contributed by atoms with Gasteiger partial charge in [-0.2, -0.15) is 0 Å². The lowest BCUT2D eigenvalue weighted by atomic mass is 9.92. The maximum Gasteiger partial charge on any atom is 0.412 e. The van der Waals surface area contributed by atoms with E-state index in [0.717, 1.165) is 11.1 Å². The van der Waals surface area contributed by atoms with E-state index in [1.54, 1.807) is 18.2 Å². The van der Waals surface area contributed by atoms with Crippen LogP contribution in [0.15, 0.2) is 91.0 Å². The van der Waals surface area contributed by atoms with Crippen molar-refractivity contribution in [2.75, 3.05) is 25.8 Å². The van der Waals surface area contributed by atoms with Gasteiger partial charge >= 0.3 is 18.0 Å². The third-order valence-electron chi connectivity index (χ3n) is 8.69. The molecule has 0 aromatic heterocycles. The number of esters is 2. The third-order valence-corrected chi connectivity index (χ3v) is 8.69. The lowest BCUT2D eigenvalue weighted by molar-refractivity contribution is -0.300. The molecule has 0 saturated carbocycles. The van der Waals surface area contributed by atoms with Gasteiger partial charge in [0.25, 0.3) is 0 Å². The number of hydrogen-bond acceptors (Lipinski definition) is 11. The monoisotopic (exact) mass is 673 g/mol. The average Bonchev–Trinajstić information content (AvgIpc) is 3.59. The summed E-state index contributed by atoms with van der Waals surface area (Å²) in [6, 6.07) is 23.9. The minimum atomic E-state index is -1.39. The summed E-state index contributed by atoms with van der Waals surface area (Å²) < 4.78 is 40.3. The first-order chi connectivity index (χ1) is 23.9. The molecule has 3 heterocycles. The van der Waals surface area contributed by atoms with Gasteiger partial charge in [0.1, 0.15) is 6.10 Å². The fourth-order valence-electron chi connectivity index (χ4n) is 6.17. The first-order valence-electron chi connectivity index (χ1n) is 16.2. The normalized spacial score (nSPS) is 26.7. The van der Waals surface area contributed by atoms with Crippen molar-refractivity contribution >= 4 is 23.7 Å². The second-order valence-electron chi connectivity index (χ2n) is 12.0. The number of aliphatic hydroxyl groups excluding tert-OH is 1. The van der Waals surface area contributed by atoms with Gasteiger partial charge in [-0.3, -0.25) is 14.9 Å². The van der Waals surface area contributed by atoms with Gasteiger partial charge in [0.15, 0.2) is 36.1 Å². The van der Waals surface area contributed by atoms with E-state index in [9.17, 15) is 19.5 Å². The predicted octanol–water partition coefficient (Wildman–Crippen LogP) is 4.59. The van der Waals surface area contributed by atoms with Crippen LogP contribution in [0.1, 0.15) is 24.0 Å². The molecule has 49 heavy (non-hydrogen) atoms. The standard InChI is InChI=1S/C37H39NO11/c1-43-36-33-32(31(30(21-39)46-36)49-37(42)38-27-16-17-28-29(20-27)45-22-44-28)47-34(40)25(18-23-10-4-2-5-11-23)14-8-9-15-26(35(41)48-33)19-24-12-6-3-7-13-24/h2-13,16-17,20,25-26,30-33,36,39H,14-15,18-19,21-22H2,1H3,(H,38,42)/t25-,26-,30+,31+,32-,33-,36-/m0/s1. The molecule has 3 aliphatic rings. The summed E-state index contributed by atoms with van der Waals surface area (Å²) in [5.41, 5.74) is 2.22. The fraction of sp³-hybridized carbons (Fsp3) is 0.378. The van der Waals surface area contributed by atoms with E-state index in [2.05, 4.69) is 5.32 Å². The van der Waals surface area contributed by atoms with Crippen LogP contribution in [-0.2, 0) is 46.1 Å². The van der Waals surface area contributed by atoms with E-state index in [1.165, 1.54) is 7.11 Å². The number of fused-ring (bicyclic) bond motifs is 2.